The van der Waals surface area contributed by atoms with Gasteiger partial charge in [-0.15, -0.1) is 0 Å². The molecule has 0 unspecified atom stereocenters. The summed E-state index contributed by atoms with van der Waals surface area (Å²) in [7, 11) is 0. The molecule has 2 aromatic carbocycles. The second kappa shape index (κ2) is 6.22. The number of rotatable bonds is 3. The molecule has 0 fully saturated rings. The minimum absolute atomic E-state index is 0.267. The molecule has 0 saturated heterocycles. The summed E-state index contributed by atoms with van der Waals surface area (Å²) in [5.41, 5.74) is 3.23. The Labute approximate surface area is 149 Å². The first-order valence-corrected chi connectivity index (χ1v) is 8.32. The van der Waals surface area contributed by atoms with Crippen LogP contribution in [0, 0.1) is 6.92 Å². The number of fused-ring (bicyclic) bond motifs is 3. The molecule has 0 atom stereocenters. The standard InChI is InChI=1S/C20H15ClN2O2/c1-12-15-10-18(20(24)22-11-13-6-2-4-8-16(13)21)25-19(15)14-7-3-5-9-17(14)23-12/h2-10H,11H2,1H3,(H,22,24). The van der Waals surface area contributed by atoms with Crippen molar-refractivity contribution in [2.24, 2.45) is 0 Å². The molecule has 0 aliphatic rings. The van der Waals surface area contributed by atoms with Gasteiger partial charge in [-0.05, 0) is 36.8 Å². The van der Waals surface area contributed by atoms with Crippen molar-refractivity contribution in [2.75, 3.05) is 0 Å². The summed E-state index contributed by atoms with van der Waals surface area (Å²) >= 11 is 6.12. The zero-order valence-corrected chi connectivity index (χ0v) is 14.3. The molecule has 1 N–H and O–H groups in total. The summed E-state index contributed by atoms with van der Waals surface area (Å²) in [4.78, 5) is 17.1. The van der Waals surface area contributed by atoms with Crippen molar-refractivity contribution in [2.45, 2.75) is 13.5 Å². The number of aromatic nitrogens is 1. The van der Waals surface area contributed by atoms with Crippen LogP contribution in [-0.2, 0) is 6.54 Å². The Morgan fingerprint density at radius 2 is 1.88 bits per heavy atom. The fourth-order valence-corrected chi connectivity index (χ4v) is 3.08. The smallest absolute Gasteiger partial charge is 0.287 e. The van der Waals surface area contributed by atoms with E-state index in [2.05, 4.69) is 10.3 Å². The maximum atomic E-state index is 12.5. The van der Waals surface area contributed by atoms with Crippen LogP contribution in [0.2, 0.25) is 5.02 Å². The van der Waals surface area contributed by atoms with E-state index in [1.54, 1.807) is 12.1 Å². The average molecular weight is 351 g/mol. The molecule has 2 heterocycles. The molecule has 0 spiro atoms. The third-order valence-corrected chi connectivity index (χ3v) is 4.55. The number of nitrogens with zero attached hydrogens (tertiary/aromatic N) is 1. The van der Waals surface area contributed by atoms with Crippen LogP contribution < -0.4 is 5.32 Å². The zero-order valence-electron chi connectivity index (χ0n) is 13.5. The van der Waals surface area contributed by atoms with Crippen LogP contribution >= 0.6 is 11.6 Å². The van der Waals surface area contributed by atoms with Gasteiger partial charge in [0, 0.05) is 28.0 Å². The van der Waals surface area contributed by atoms with Crippen LogP contribution in [0.15, 0.2) is 59.0 Å². The van der Waals surface area contributed by atoms with E-state index in [1.807, 2.05) is 49.4 Å². The van der Waals surface area contributed by atoms with Gasteiger partial charge in [0.1, 0.15) is 5.58 Å². The first-order chi connectivity index (χ1) is 12.1. The zero-order chi connectivity index (χ0) is 17.4. The molecule has 25 heavy (non-hydrogen) atoms. The van der Waals surface area contributed by atoms with Gasteiger partial charge in [0.05, 0.1) is 5.52 Å². The first kappa shape index (κ1) is 15.7. The van der Waals surface area contributed by atoms with Gasteiger partial charge >= 0.3 is 0 Å². The predicted molar refractivity (Wildman–Crippen MR) is 98.9 cm³/mol. The van der Waals surface area contributed by atoms with E-state index in [0.717, 1.165) is 27.5 Å². The number of furan rings is 1. The van der Waals surface area contributed by atoms with Gasteiger partial charge in [-0.1, -0.05) is 41.9 Å². The maximum Gasteiger partial charge on any atom is 0.287 e. The normalized spacial score (nSPS) is 11.1. The summed E-state index contributed by atoms with van der Waals surface area (Å²) in [6, 6.07) is 16.9. The van der Waals surface area contributed by atoms with E-state index in [4.69, 9.17) is 16.0 Å². The van der Waals surface area contributed by atoms with Crippen molar-refractivity contribution in [3.05, 3.63) is 76.6 Å². The number of nitrogens with one attached hydrogen (secondary N) is 1. The van der Waals surface area contributed by atoms with E-state index in [1.165, 1.54) is 0 Å². The Morgan fingerprint density at radius 1 is 1.12 bits per heavy atom. The van der Waals surface area contributed by atoms with Crippen LogP contribution in [0.4, 0.5) is 0 Å². The quantitative estimate of drug-likeness (QED) is 0.573. The molecule has 5 heteroatoms. The number of carbonyl (C=O) groups is 1. The van der Waals surface area contributed by atoms with Gasteiger partial charge in [0.25, 0.3) is 5.91 Å². The topological polar surface area (TPSA) is 55.1 Å². The van der Waals surface area contributed by atoms with Crippen molar-refractivity contribution < 1.29 is 9.21 Å². The third kappa shape index (κ3) is 2.85. The predicted octanol–water partition coefficient (Wildman–Crippen LogP) is 4.87. The fraction of sp³-hybridized carbons (Fsp3) is 0.100. The minimum atomic E-state index is -0.278. The van der Waals surface area contributed by atoms with Gasteiger partial charge in [0.2, 0.25) is 0 Å². The van der Waals surface area contributed by atoms with Gasteiger partial charge in [-0.3, -0.25) is 9.78 Å². The largest absolute Gasteiger partial charge is 0.450 e. The molecular weight excluding hydrogens is 336 g/mol. The van der Waals surface area contributed by atoms with E-state index < -0.39 is 0 Å². The van der Waals surface area contributed by atoms with Gasteiger partial charge in [-0.25, -0.2) is 0 Å². The molecule has 4 rings (SSSR count). The number of para-hydroxylation sites is 1. The molecule has 0 bridgehead atoms. The van der Waals surface area contributed by atoms with E-state index >= 15 is 0 Å². The molecule has 4 nitrogen and oxygen atoms in total. The molecule has 2 aromatic heterocycles. The first-order valence-electron chi connectivity index (χ1n) is 7.94. The van der Waals surface area contributed by atoms with Crippen LogP contribution in [-0.4, -0.2) is 10.9 Å². The highest BCUT2D eigenvalue weighted by molar-refractivity contribution is 6.31. The SMILES string of the molecule is Cc1nc2ccccc2c2oc(C(=O)NCc3ccccc3Cl)cc12. The highest BCUT2D eigenvalue weighted by Gasteiger charge is 2.16. The highest BCUT2D eigenvalue weighted by atomic mass is 35.5. The Balaban J connectivity index is 1.67. The summed E-state index contributed by atoms with van der Waals surface area (Å²) < 4.78 is 5.86. The second-order valence-corrected chi connectivity index (χ2v) is 6.25. The molecule has 1 amide bonds. The monoisotopic (exact) mass is 350 g/mol. The molecule has 0 saturated carbocycles. The van der Waals surface area contributed by atoms with Crippen molar-refractivity contribution in [1.82, 2.24) is 10.3 Å². The lowest BCUT2D eigenvalue weighted by atomic mass is 10.1. The lowest BCUT2D eigenvalue weighted by Crippen LogP contribution is -2.22. The number of hydrogen-bond acceptors (Lipinski definition) is 3. The number of hydrogen-bond donors (Lipinski definition) is 1. The van der Waals surface area contributed by atoms with E-state index in [9.17, 15) is 4.79 Å². The van der Waals surface area contributed by atoms with Crippen LogP contribution in [0.3, 0.4) is 0 Å². The number of benzene rings is 2. The molecule has 124 valence electrons. The van der Waals surface area contributed by atoms with Crippen LogP contribution in [0.25, 0.3) is 21.9 Å². The van der Waals surface area contributed by atoms with Crippen molar-refractivity contribution in [3.8, 4) is 0 Å². The van der Waals surface area contributed by atoms with Gasteiger partial charge in [-0.2, -0.15) is 0 Å². The van der Waals surface area contributed by atoms with Crippen LogP contribution in [0.1, 0.15) is 21.8 Å². The maximum absolute atomic E-state index is 12.5. The molecular formula is C20H15ClN2O2. The second-order valence-electron chi connectivity index (χ2n) is 5.84. The number of amides is 1. The molecule has 0 aliphatic heterocycles. The minimum Gasteiger partial charge on any atom is -0.450 e. The summed E-state index contributed by atoms with van der Waals surface area (Å²) in [6.07, 6.45) is 0. The highest BCUT2D eigenvalue weighted by Crippen LogP contribution is 2.29. The lowest BCUT2D eigenvalue weighted by molar-refractivity contribution is 0.0925. The molecule has 0 aliphatic carbocycles. The lowest BCUT2D eigenvalue weighted by Gasteiger charge is -2.05. The summed E-state index contributed by atoms with van der Waals surface area (Å²) in [5.74, 6) is -0.0112. The Hall–Kier alpha value is -2.85. The van der Waals surface area contributed by atoms with Crippen molar-refractivity contribution in [1.29, 1.82) is 0 Å². The average Bonchev–Trinajstić information content (AvgIpc) is 3.07. The van der Waals surface area contributed by atoms with E-state index in [0.29, 0.717) is 17.2 Å². The number of aryl methyl sites for hydroxylation is 1. The fourth-order valence-electron chi connectivity index (χ4n) is 2.88. The van der Waals surface area contributed by atoms with Crippen molar-refractivity contribution in [3.63, 3.8) is 0 Å². The van der Waals surface area contributed by atoms with Gasteiger partial charge in [0.15, 0.2) is 5.76 Å². The van der Waals surface area contributed by atoms with Crippen molar-refractivity contribution >= 4 is 39.4 Å². The Morgan fingerprint density at radius 3 is 2.72 bits per heavy atom. The number of pyridine rings is 1. The third-order valence-electron chi connectivity index (χ3n) is 4.18. The van der Waals surface area contributed by atoms with E-state index in [-0.39, 0.29) is 11.7 Å². The van der Waals surface area contributed by atoms with Crippen LogP contribution in [0.5, 0.6) is 0 Å². The number of carbonyl (C=O) groups excluding carboxylic acids is 1. The number of halogens is 1. The van der Waals surface area contributed by atoms with Gasteiger partial charge < -0.3 is 9.73 Å². The Bertz CT molecular complexity index is 1100. The summed E-state index contributed by atoms with van der Waals surface area (Å²) in [5, 5.41) is 5.22. The Kier molecular flexibility index (Phi) is 3.90. The molecule has 0 radical (unpaired) electrons. The summed E-state index contributed by atoms with van der Waals surface area (Å²) in [6.45, 7) is 2.25. The molecule has 4 aromatic rings.